The quantitative estimate of drug-likeness (QED) is 0.896. The van der Waals surface area contributed by atoms with Crippen molar-refractivity contribution in [1.29, 1.82) is 0 Å². The van der Waals surface area contributed by atoms with E-state index in [1.54, 1.807) is 0 Å². The molecule has 110 valence electrons. The van der Waals surface area contributed by atoms with Crippen LogP contribution in [0.15, 0.2) is 0 Å². The Kier molecular flexibility index (Phi) is 4.75. The van der Waals surface area contributed by atoms with Crippen molar-refractivity contribution in [2.75, 3.05) is 5.32 Å². The number of anilines is 1. The molecule has 0 aliphatic heterocycles. The number of rotatable bonds is 4. The maximum absolute atomic E-state index is 12.4. The van der Waals surface area contributed by atoms with E-state index in [0.717, 1.165) is 36.3 Å². The molecule has 0 radical (unpaired) electrons. The van der Waals surface area contributed by atoms with Crippen molar-refractivity contribution in [2.24, 2.45) is 5.92 Å². The van der Waals surface area contributed by atoms with E-state index in [1.165, 1.54) is 18.3 Å². The van der Waals surface area contributed by atoms with Gasteiger partial charge in [-0.25, -0.2) is 4.98 Å². The van der Waals surface area contributed by atoms with Crippen LogP contribution in [-0.4, -0.2) is 22.8 Å². The molecule has 1 fully saturated rings. The van der Waals surface area contributed by atoms with Gasteiger partial charge in [0, 0.05) is 11.8 Å². The molecule has 1 aromatic heterocycles. The van der Waals surface area contributed by atoms with Crippen molar-refractivity contribution in [2.45, 2.75) is 52.5 Å². The third kappa shape index (κ3) is 3.56. The molecule has 0 bridgehead atoms. The molecule has 2 amide bonds. The number of hydrogen-bond acceptors (Lipinski definition) is 4. The Labute approximate surface area is 123 Å². The van der Waals surface area contributed by atoms with Crippen molar-refractivity contribution in [1.82, 2.24) is 10.3 Å². The fourth-order valence-electron chi connectivity index (χ4n) is 2.62. The van der Waals surface area contributed by atoms with Crippen molar-refractivity contribution in [3.63, 3.8) is 0 Å². The largest absolute Gasteiger partial charge is 0.344 e. The molecule has 2 N–H and O–H groups in total. The average molecular weight is 295 g/mol. The minimum atomic E-state index is -0.445. The maximum Gasteiger partial charge on any atom is 0.249 e. The highest BCUT2D eigenvalue weighted by Gasteiger charge is 2.31. The highest BCUT2D eigenvalue weighted by atomic mass is 32.1. The van der Waals surface area contributed by atoms with Gasteiger partial charge >= 0.3 is 0 Å². The number of thiazole rings is 1. The van der Waals surface area contributed by atoms with E-state index in [-0.39, 0.29) is 17.7 Å². The van der Waals surface area contributed by atoms with Gasteiger partial charge in [0.15, 0.2) is 5.13 Å². The lowest BCUT2D eigenvalue weighted by atomic mass is 9.97. The Hall–Kier alpha value is -1.43. The Morgan fingerprint density at radius 2 is 1.95 bits per heavy atom. The molecule has 0 spiro atoms. The smallest absolute Gasteiger partial charge is 0.249 e. The number of aromatic nitrogens is 1. The zero-order valence-electron chi connectivity index (χ0n) is 12.2. The number of nitrogens with one attached hydrogen (secondary N) is 2. The van der Waals surface area contributed by atoms with Crippen LogP contribution < -0.4 is 10.6 Å². The Morgan fingerprint density at radius 3 is 2.45 bits per heavy atom. The number of hydrogen-bond donors (Lipinski definition) is 2. The summed E-state index contributed by atoms with van der Waals surface area (Å²) in [6.07, 6.45) is 4.25. The molecule has 0 aromatic carbocycles. The third-order valence-corrected chi connectivity index (χ3v) is 4.76. The first-order valence-corrected chi connectivity index (χ1v) is 7.81. The van der Waals surface area contributed by atoms with Gasteiger partial charge in [-0.2, -0.15) is 0 Å². The van der Waals surface area contributed by atoms with E-state index < -0.39 is 6.04 Å². The second-order valence-corrected chi connectivity index (χ2v) is 6.58. The molecule has 0 saturated heterocycles. The summed E-state index contributed by atoms with van der Waals surface area (Å²) in [5, 5.41) is 6.24. The van der Waals surface area contributed by atoms with E-state index in [2.05, 4.69) is 15.6 Å². The summed E-state index contributed by atoms with van der Waals surface area (Å²) in [6.45, 7) is 5.35. The highest BCUT2D eigenvalue weighted by Crippen LogP contribution is 2.29. The van der Waals surface area contributed by atoms with Gasteiger partial charge in [-0.15, -0.1) is 11.3 Å². The zero-order valence-corrected chi connectivity index (χ0v) is 13.0. The summed E-state index contributed by atoms with van der Waals surface area (Å²) < 4.78 is 0. The summed E-state index contributed by atoms with van der Waals surface area (Å²) in [5.41, 5.74) is 0.933. The summed E-state index contributed by atoms with van der Waals surface area (Å²) >= 11 is 1.47. The van der Waals surface area contributed by atoms with Gasteiger partial charge in [0.2, 0.25) is 11.8 Å². The lowest BCUT2D eigenvalue weighted by Crippen LogP contribution is -2.47. The number of carbonyl (C=O) groups excluding carboxylic acids is 2. The monoisotopic (exact) mass is 295 g/mol. The molecular weight excluding hydrogens is 274 g/mol. The first kappa shape index (κ1) is 15.0. The van der Waals surface area contributed by atoms with E-state index >= 15 is 0 Å². The molecule has 1 aromatic rings. The lowest BCUT2D eigenvalue weighted by Gasteiger charge is -2.22. The molecule has 1 aliphatic carbocycles. The second kappa shape index (κ2) is 6.35. The maximum atomic E-state index is 12.4. The lowest BCUT2D eigenvalue weighted by molar-refractivity contribution is -0.126. The van der Waals surface area contributed by atoms with Gasteiger partial charge < -0.3 is 10.6 Å². The number of amides is 2. The molecule has 1 aliphatic rings. The minimum Gasteiger partial charge on any atom is -0.344 e. The standard InChI is InChI=1S/C14H21N3O2S/c1-8-9(2)20-14(15-8)17-13(19)12(16-10(3)18)11-6-4-5-7-11/h11-12H,4-7H2,1-3H3,(H,16,18)(H,15,17,19)/t12-/m0/s1. The molecule has 5 nitrogen and oxygen atoms in total. The van der Waals surface area contributed by atoms with Crippen molar-refractivity contribution >= 4 is 28.3 Å². The van der Waals surface area contributed by atoms with Crippen molar-refractivity contribution < 1.29 is 9.59 Å². The fourth-order valence-corrected chi connectivity index (χ4v) is 3.43. The Morgan fingerprint density at radius 1 is 1.30 bits per heavy atom. The van der Waals surface area contributed by atoms with E-state index in [0.29, 0.717) is 5.13 Å². The Balaban J connectivity index is 2.07. The molecule has 6 heteroatoms. The first-order valence-electron chi connectivity index (χ1n) is 6.99. The molecule has 20 heavy (non-hydrogen) atoms. The summed E-state index contributed by atoms with van der Waals surface area (Å²) in [7, 11) is 0. The number of aryl methyl sites for hydroxylation is 2. The SMILES string of the molecule is CC(=O)N[C@H](C(=O)Nc1nc(C)c(C)s1)C1CCCC1. The molecule has 2 rings (SSSR count). The van der Waals surface area contributed by atoms with Crippen LogP contribution in [0.5, 0.6) is 0 Å². The van der Waals surface area contributed by atoms with Gasteiger partial charge in [0.25, 0.3) is 0 Å². The van der Waals surface area contributed by atoms with E-state index in [1.807, 2.05) is 13.8 Å². The fraction of sp³-hybridized carbons (Fsp3) is 0.643. The summed E-state index contributed by atoms with van der Waals surface area (Å²) in [4.78, 5) is 29.1. The van der Waals surface area contributed by atoms with Crippen LogP contribution in [0.4, 0.5) is 5.13 Å². The topological polar surface area (TPSA) is 71.1 Å². The van der Waals surface area contributed by atoms with Gasteiger partial charge in [-0.05, 0) is 32.6 Å². The highest BCUT2D eigenvalue weighted by molar-refractivity contribution is 7.15. The van der Waals surface area contributed by atoms with Crippen LogP contribution in [-0.2, 0) is 9.59 Å². The Bertz CT molecular complexity index is 487. The van der Waals surface area contributed by atoms with E-state index in [9.17, 15) is 9.59 Å². The van der Waals surface area contributed by atoms with Crippen molar-refractivity contribution in [3.8, 4) is 0 Å². The minimum absolute atomic E-state index is 0.152. The van der Waals surface area contributed by atoms with Crippen LogP contribution in [0, 0.1) is 19.8 Å². The zero-order chi connectivity index (χ0) is 14.7. The molecule has 1 atom stereocenters. The number of carbonyl (C=O) groups is 2. The van der Waals surface area contributed by atoms with Crippen LogP contribution >= 0.6 is 11.3 Å². The first-order chi connectivity index (χ1) is 9.47. The third-order valence-electron chi connectivity index (χ3n) is 3.77. The normalized spacial score (nSPS) is 16.9. The van der Waals surface area contributed by atoms with Gasteiger partial charge in [-0.3, -0.25) is 9.59 Å². The van der Waals surface area contributed by atoms with Crippen LogP contribution in [0.2, 0.25) is 0 Å². The van der Waals surface area contributed by atoms with Gasteiger partial charge in [0.1, 0.15) is 6.04 Å². The molecule has 1 saturated carbocycles. The molecular formula is C14H21N3O2S. The van der Waals surface area contributed by atoms with Crippen LogP contribution in [0.3, 0.4) is 0 Å². The van der Waals surface area contributed by atoms with Crippen molar-refractivity contribution in [3.05, 3.63) is 10.6 Å². The second-order valence-electron chi connectivity index (χ2n) is 5.37. The van der Waals surface area contributed by atoms with Crippen LogP contribution in [0.1, 0.15) is 43.2 Å². The van der Waals surface area contributed by atoms with Gasteiger partial charge in [-0.1, -0.05) is 12.8 Å². The summed E-state index contributed by atoms with van der Waals surface area (Å²) in [6, 6.07) is -0.445. The predicted molar refractivity (Wildman–Crippen MR) is 79.8 cm³/mol. The molecule has 0 unspecified atom stereocenters. The predicted octanol–water partition coefficient (Wildman–Crippen LogP) is 2.39. The summed E-state index contributed by atoms with van der Waals surface area (Å²) in [5.74, 6) is -0.0783. The van der Waals surface area contributed by atoms with Gasteiger partial charge in [0.05, 0.1) is 5.69 Å². The van der Waals surface area contributed by atoms with E-state index in [4.69, 9.17) is 0 Å². The molecule has 1 heterocycles. The number of nitrogens with zero attached hydrogens (tertiary/aromatic N) is 1. The average Bonchev–Trinajstić information content (AvgIpc) is 2.97. The van der Waals surface area contributed by atoms with Crippen LogP contribution in [0.25, 0.3) is 0 Å².